The Kier molecular flexibility index (Phi) is 2.87. The smallest absolute Gasteiger partial charge is 0.0619 e. The minimum absolute atomic E-state index is 0.189. The standard InChI is InChI=1S/C25H17P/c1-3-11-19-17(9-1)18-10-2-4-12-20(18)25(19)21-13-5-7-15-23(21)26-24-16-8-6-14-22(24)25/h1-16,26H. The minimum atomic E-state index is -0.189. The summed E-state index contributed by atoms with van der Waals surface area (Å²) >= 11 is 0. The van der Waals surface area contributed by atoms with Gasteiger partial charge in [-0.2, -0.15) is 0 Å². The second-order valence-corrected chi connectivity index (χ2v) is 8.38. The van der Waals surface area contributed by atoms with E-state index in [0.717, 1.165) is 8.58 Å². The maximum Gasteiger partial charge on any atom is 0.0725 e. The molecule has 6 rings (SSSR count). The van der Waals surface area contributed by atoms with E-state index in [0.29, 0.717) is 0 Å². The van der Waals surface area contributed by atoms with Crippen LogP contribution in [0.3, 0.4) is 0 Å². The SMILES string of the molecule is c1ccc2c(c1)Pc1ccccc1C21c2ccccc2-c2ccccc21. The van der Waals surface area contributed by atoms with Crippen LogP contribution in [0.2, 0.25) is 0 Å². The summed E-state index contributed by atoms with van der Waals surface area (Å²) in [5.41, 5.74) is 8.31. The largest absolute Gasteiger partial charge is 0.0725 e. The van der Waals surface area contributed by atoms with E-state index in [4.69, 9.17) is 0 Å². The first-order valence-electron chi connectivity index (χ1n) is 9.06. The highest BCUT2D eigenvalue weighted by molar-refractivity contribution is 7.56. The minimum Gasteiger partial charge on any atom is -0.0619 e. The molecule has 0 nitrogen and oxygen atoms in total. The van der Waals surface area contributed by atoms with Crippen LogP contribution in [0.4, 0.5) is 0 Å². The highest BCUT2D eigenvalue weighted by Crippen LogP contribution is 2.57. The van der Waals surface area contributed by atoms with Crippen molar-refractivity contribution in [3.63, 3.8) is 0 Å². The number of fused-ring (bicyclic) bond motifs is 9. The molecule has 0 bridgehead atoms. The molecule has 4 aromatic carbocycles. The second-order valence-electron chi connectivity index (χ2n) is 7.06. The van der Waals surface area contributed by atoms with E-state index in [9.17, 15) is 0 Å². The molecule has 0 aromatic heterocycles. The predicted octanol–water partition coefficient (Wildman–Crippen LogP) is 4.99. The van der Waals surface area contributed by atoms with Crippen molar-refractivity contribution in [3.8, 4) is 11.1 Å². The van der Waals surface area contributed by atoms with E-state index in [2.05, 4.69) is 97.1 Å². The molecule has 0 atom stereocenters. The Morgan fingerprint density at radius 3 is 1.31 bits per heavy atom. The summed E-state index contributed by atoms with van der Waals surface area (Å²) in [6.07, 6.45) is 0. The Balaban J connectivity index is 1.87. The van der Waals surface area contributed by atoms with E-state index < -0.39 is 0 Å². The molecule has 4 aromatic rings. The van der Waals surface area contributed by atoms with Gasteiger partial charge in [0.1, 0.15) is 0 Å². The molecular formula is C25H17P. The van der Waals surface area contributed by atoms with Gasteiger partial charge in [0.05, 0.1) is 5.41 Å². The molecule has 0 fully saturated rings. The number of benzene rings is 4. The molecule has 1 spiro atoms. The molecule has 122 valence electrons. The van der Waals surface area contributed by atoms with Crippen LogP contribution in [-0.4, -0.2) is 0 Å². The first-order valence-corrected chi connectivity index (χ1v) is 10.1. The maximum absolute atomic E-state index is 2.34. The van der Waals surface area contributed by atoms with Crippen molar-refractivity contribution in [2.45, 2.75) is 5.41 Å². The van der Waals surface area contributed by atoms with Gasteiger partial charge in [-0.3, -0.25) is 0 Å². The van der Waals surface area contributed by atoms with E-state index >= 15 is 0 Å². The summed E-state index contributed by atoms with van der Waals surface area (Å²) in [6, 6.07) is 36.0. The quantitative estimate of drug-likeness (QED) is 0.339. The van der Waals surface area contributed by atoms with Gasteiger partial charge in [-0.25, -0.2) is 0 Å². The Morgan fingerprint density at radius 1 is 0.423 bits per heavy atom. The maximum atomic E-state index is 2.34. The highest BCUT2D eigenvalue weighted by atomic mass is 31.1. The van der Waals surface area contributed by atoms with Crippen molar-refractivity contribution in [1.29, 1.82) is 0 Å². The van der Waals surface area contributed by atoms with Crippen LogP contribution in [0.15, 0.2) is 97.1 Å². The lowest BCUT2D eigenvalue weighted by atomic mass is 9.67. The van der Waals surface area contributed by atoms with Crippen molar-refractivity contribution in [2.24, 2.45) is 0 Å². The molecule has 0 saturated heterocycles. The fourth-order valence-electron chi connectivity index (χ4n) is 4.94. The number of hydrogen-bond acceptors (Lipinski definition) is 0. The number of rotatable bonds is 0. The summed E-state index contributed by atoms with van der Waals surface area (Å²) in [7, 11) is 0.719. The number of hydrogen-bond donors (Lipinski definition) is 0. The van der Waals surface area contributed by atoms with Crippen molar-refractivity contribution >= 4 is 19.2 Å². The van der Waals surface area contributed by atoms with Crippen molar-refractivity contribution in [2.75, 3.05) is 0 Å². The molecule has 0 saturated carbocycles. The highest BCUT2D eigenvalue weighted by Gasteiger charge is 2.49. The van der Waals surface area contributed by atoms with Gasteiger partial charge in [-0.1, -0.05) is 106 Å². The third-order valence-electron chi connectivity index (χ3n) is 5.88. The molecule has 0 N–H and O–H groups in total. The van der Waals surface area contributed by atoms with Crippen molar-refractivity contribution in [1.82, 2.24) is 0 Å². The van der Waals surface area contributed by atoms with Crippen molar-refractivity contribution < 1.29 is 0 Å². The van der Waals surface area contributed by atoms with Crippen LogP contribution in [0, 0.1) is 0 Å². The summed E-state index contributed by atoms with van der Waals surface area (Å²) in [5, 5.41) is 2.94. The molecule has 1 heteroatoms. The van der Waals surface area contributed by atoms with Crippen LogP contribution in [-0.2, 0) is 5.41 Å². The van der Waals surface area contributed by atoms with Gasteiger partial charge in [0, 0.05) is 0 Å². The summed E-state index contributed by atoms with van der Waals surface area (Å²) < 4.78 is 0. The molecule has 1 aliphatic heterocycles. The zero-order valence-corrected chi connectivity index (χ0v) is 15.2. The van der Waals surface area contributed by atoms with Crippen LogP contribution >= 0.6 is 8.58 Å². The van der Waals surface area contributed by atoms with Gasteiger partial charge in [-0.15, -0.1) is 0 Å². The average Bonchev–Trinajstić information content (AvgIpc) is 3.00. The summed E-state index contributed by atoms with van der Waals surface area (Å²) in [6.45, 7) is 0. The first-order chi connectivity index (χ1) is 12.9. The van der Waals surface area contributed by atoms with Gasteiger partial charge < -0.3 is 0 Å². The zero-order chi connectivity index (χ0) is 17.1. The third-order valence-corrected chi connectivity index (χ3v) is 7.29. The zero-order valence-electron chi connectivity index (χ0n) is 14.2. The van der Waals surface area contributed by atoms with E-state index in [-0.39, 0.29) is 5.41 Å². The second kappa shape index (κ2) is 5.16. The third kappa shape index (κ3) is 1.64. The Bertz CT molecular complexity index is 1080. The lowest BCUT2D eigenvalue weighted by molar-refractivity contribution is 0.777. The van der Waals surface area contributed by atoms with Gasteiger partial charge in [0.25, 0.3) is 0 Å². The average molecular weight is 348 g/mol. The monoisotopic (exact) mass is 348 g/mol. The molecular weight excluding hydrogens is 331 g/mol. The Morgan fingerprint density at radius 2 is 0.808 bits per heavy atom. The van der Waals surface area contributed by atoms with E-state index in [1.165, 1.54) is 44.0 Å². The fraction of sp³-hybridized carbons (Fsp3) is 0.0400. The Hall–Kier alpha value is -2.69. The van der Waals surface area contributed by atoms with Crippen LogP contribution < -0.4 is 10.6 Å². The molecule has 0 amide bonds. The van der Waals surface area contributed by atoms with Crippen LogP contribution in [0.25, 0.3) is 11.1 Å². The molecule has 2 aliphatic rings. The van der Waals surface area contributed by atoms with Gasteiger partial charge in [0.15, 0.2) is 0 Å². The predicted molar refractivity (Wildman–Crippen MR) is 111 cm³/mol. The van der Waals surface area contributed by atoms with Crippen molar-refractivity contribution in [3.05, 3.63) is 119 Å². The lowest BCUT2D eigenvalue weighted by Gasteiger charge is -2.40. The van der Waals surface area contributed by atoms with E-state index in [1.807, 2.05) is 0 Å². The molecule has 0 unspecified atom stereocenters. The fourth-order valence-corrected chi connectivity index (χ4v) is 6.40. The Labute approximate surface area is 155 Å². The summed E-state index contributed by atoms with van der Waals surface area (Å²) in [5.74, 6) is 0. The molecule has 0 radical (unpaired) electrons. The summed E-state index contributed by atoms with van der Waals surface area (Å²) in [4.78, 5) is 0. The van der Waals surface area contributed by atoms with Gasteiger partial charge in [0.2, 0.25) is 0 Å². The van der Waals surface area contributed by atoms with Crippen LogP contribution in [0.1, 0.15) is 22.3 Å². The molecule has 26 heavy (non-hydrogen) atoms. The first kappa shape index (κ1) is 14.5. The lowest BCUT2D eigenvalue weighted by Crippen LogP contribution is -2.40. The van der Waals surface area contributed by atoms with Crippen LogP contribution in [0.5, 0.6) is 0 Å². The normalized spacial score (nSPS) is 15.1. The van der Waals surface area contributed by atoms with E-state index in [1.54, 1.807) is 0 Å². The topological polar surface area (TPSA) is 0 Å². The van der Waals surface area contributed by atoms with Gasteiger partial charge in [-0.05, 0) is 44.0 Å². The molecule has 1 heterocycles. The molecule has 1 aliphatic carbocycles. The van der Waals surface area contributed by atoms with Gasteiger partial charge >= 0.3 is 0 Å².